The maximum Gasteiger partial charge on any atom is 0.452 e. The highest BCUT2D eigenvalue weighted by Crippen LogP contribution is 2.28. The van der Waals surface area contributed by atoms with Crippen LogP contribution in [0.15, 0.2) is 0 Å². The molecule has 0 spiro atoms. The van der Waals surface area contributed by atoms with E-state index in [1.54, 1.807) is 6.92 Å². The van der Waals surface area contributed by atoms with E-state index in [-0.39, 0.29) is 17.5 Å². The Hall–Kier alpha value is -1.38. The first kappa shape index (κ1) is 14.7. The second kappa shape index (κ2) is 6.53. The summed E-state index contributed by atoms with van der Waals surface area (Å²) in [5.41, 5.74) is 0. The molecule has 1 aromatic rings. The molecule has 0 amide bonds. The van der Waals surface area contributed by atoms with E-state index in [0.717, 1.165) is 0 Å². The van der Waals surface area contributed by atoms with E-state index in [0.29, 0.717) is 31.1 Å². The maximum atomic E-state index is 12.2. The Balaban J connectivity index is 2.28. The molecule has 0 aliphatic heterocycles. The maximum absolute atomic E-state index is 12.2. The number of hydrogen-bond donors (Lipinski definition) is 1. The van der Waals surface area contributed by atoms with Crippen molar-refractivity contribution in [1.29, 1.82) is 0 Å². The Morgan fingerprint density at radius 1 is 1.50 bits per heavy atom. The van der Waals surface area contributed by atoms with Crippen LogP contribution in [0.2, 0.25) is 0 Å². The molecule has 0 fully saturated rings. The van der Waals surface area contributed by atoms with Gasteiger partial charge in [0.1, 0.15) is 0 Å². The number of nitrogens with zero attached hydrogens (tertiary/aromatic N) is 2. The van der Waals surface area contributed by atoms with Crippen LogP contribution in [0.25, 0.3) is 0 Å². The number of aromatic nitrogens is 2. The van der Waals surface area contributed by atoms with Crippen LogP contribution in [0.1, 0.15) is 25.6 Å². The molecule has 0 unspecified atom stereocenters. The first-order valence-electron chi connectivity index (χ1n) is 5.24. The van der Waals surface area contributed by atoms with Crippen molar-refractivity contribution in [2.24, 2.45) is 0 Å². The van der Waals surface area contributed by atoms with E-state index in [4.69, 9.17) is 4.74 Å². The molecule has 1 rings (SSSR count). The summed E-state index contributed by atoms with van der Waals surface area (Å²) in [5, 5.41) is 2.76. The zero-order valence-electron chi connectivity index (χ0n) is 9.58. The highest BCUT2D eigenvalue weighted by atomic mass is 32.1. The van der Waals surface area contributed by atoms with E-state index in [1.807, 2.05) is 0 Å². The van der Waals surface area contributed by atoms with Crippen molar-refractivity contribution in [3.05, 3.63) is 5.82 Å². The van der Waals surface area contributed by atoms with Gasteiger partial charge in [-0.2, -0.15) is 22.5 Å². The molecule has 5 nitrogen and oxygen atoms in total. The molecule has 102 valence electrons. The van der Waals surface area contributed by atoms with Crippen LogP contribution in [0.4, 0.5) is 18.3 Å². The minimum atomic E-state index is -4.53. The zero-order chi connectivity index (χ0) is 13.6. The van der Waals surface area contributed by atoms with Crippen molar-refractivity contribution in [1.82, 2.24) is 9.36 Å². The normalized spacial score (nSPS) is 11.3. The largest absolute Gasteiger partial charge is 0.466 e. The molecule has 9 heteroatoms. The van der Waals surface area contributed by atoms with Gasteiger partial charge in [-0.1, -0.05) is 0 Å². The minimum absolute atomic E-state index is 0.0891. The molecule has 0 saturated heterocycles. The average Bonchev–Trinajstić information content (AvgIpc) is 2.73. The highest BCUT2D eigenvalue weighted by molar-refractivity contribution is 7.09. The Morgan fingerprint density at radius 3 is 2.78 bits per heavy atom. The zero-order valence-corrected chi connectivity index (χ0v) is 10.4. The van der Waals surface area contributed by atoms with Crippen molar-refractivity contribution >= 4 is 22.6 Å². The number of carbonyl (C=O) groups excluding carboxylic acids is 1. The van der Waals surface area contributed by atoms with Crippen molar-refractivity contribution < 1.29 is 22.7 Å². The predicted octanol–water partition coefficient (Wildman–Crippen LogP) is 2.31. The summed E-state index contributed by atoms with van der Waals surface area (Å²) in [6.07, 6.45) is -3.85. The lowest BCUT2D eigenvalue weighted by atomic mass is 10.3. The van der Waals surface area contributed by atoms with Crippen LogP contribution in [-0.4, -0.2) is 28.5 Å². The number of ether oxygens (including phenoxy) is 1. The van der Waals surface area contributed by atoms with E-state index >= 15 is 0 Å². The topological polar surface area (TPSA) is 64.1 Å². The molecular formula is C9H12F3N3O2S. The quantitative estimate of drug-likeness (QED) is 0.641. The van der Waals surface area contributed by atoms with Crippen LogP contribution in [0.3, 0.4) is 0 Å². The third-order valence-electron chi connectivity index (χ3n) is 1.82. The van der Waals surface area contributed by atoms with Gasteiger partial charge in [0.25, 0.3) is 0 Å². The lowest BCUT2D eigenvalue weighted by Gasteiger charge is -2.02. The molecule has 0 saturated carbocycles. The first-order chi connectivity index (χ1) is 8.43. The molecule has 1 N–H and O–H groups in total. The molecule has 0 atom stereocenters. The van der Waals surface area contributed by atoms with Gasteiger partial charge in [0.2, 0.25) is 11.0 Å². The van der Waals surface area contributed by atoms with Gasteiger partial charge < -0.3 is 10.1 Å². The molecule has 0 bridgehead atoms. The third-order valence-corrected chi connectivity index (χ3v) is 2.49. The average molecular weight is 283 g/mol. The number of halogens is 3. The van der Waals surface area contributed by atoms with Crippen molar-refractivity contribution in [3.8, 4) is 0 Å². The Labute approximate surface area is 106 Å². The smallest absolute Gasteiger partial charge is 0.452 e. The summed E-state index contributed by atoms with van der Waals surface area (Å²) in [4.78, 5) is 14.3. The number of carbonyl (C=O) groups is 1. The number of alkyl halides is 3. The lowest BCUT2D eigenvalue weighted by molar-refractivity contribution is -0.144. The SMILES string of the molecule is CCOC(=O)CCCNc1nc(C(F)(F)F)ns1. The van der Waals surface area contributed by atoms with Gasteiger partial charge in [0, 0.05) is 24.5 Å². The van der Waals surface area contributed by atoms with Crippen LogP contribution >= 0.6 is 11.5 Å². The molecule has 0 aliphatic rings. The number of anilines is 1. The van der Waals surface area contributed by atoms with E-state index in [9.17, 15) is 18.0 Å². The predicted molar refractivity (Wildman–Crippen MR) is 59.3 cm³/mol. The Morgan fingerprint density at radius 2 is 2.22 bits per heavy atom. The van der Waals surface area contributed by atoms with Gasteiger partial charge in [-0.15, -0.1) is 0 Å². The highest BCUT2D eigenvalue weighted by Gasteiger charge is 2.36. The third kappa shape index (κ3) is 4.86. The van der Waals surface area contributed by atoms with Crippen LogP contribution in [-0.2, 0) is 15.7 Å². The van der Waals surface area contributed by atoms with E-state index < -0.39 is 12.0 Å². The standard InChI is InChI=1S/C9H12F3N3O2S/c1-2-17-6(16)4-3-5-13-8-14-7(15-18-8)9(10,11)12/h2-5H2,1H3,(H,13,14,15). The fourth-order valence-corrected chi connectivity index (χ4v) is 1.68. The molecule has 1 heterocycles. The fraction of sp³-hybridized carbons (Fsp3) is 0.667. The van der Waals surface area contributed by atoms with Gasteiger partial charge in [0.15, 0.2) is 0 Å². The van der Waals surface area contributed by atoms with Gasteiger partial charge in [0.05, 0.1) is 6.61 Å². The molecule has 0 aliphatic carbocycles. The number of esters is 1. The molecule has 0 aromatic carbocycles. The first-order valence-corrected chi connectivity index (χ1v) is 6.01. The molecule has 18 heavy (non-hydrogen) atoms. The van der Waals surface area contributed by atoms with Crippen molar-refractivity contribution in [3.63, 3.8) is 0 Å². The van der Waals surface area contributed by atoms with Crippen molar-refractivity contribution in [2.75, 3.05) is 18.5 Å². The number of nitrogens with one attached hydrogen (secondary N) is 1. The fourth-order valence-electron chi connectivity index (χ4n) is 1.07. The van der Waals surface area contributed by atoms with Gasteiger partial charge in [-0.25, -0.2) is 0 Å². The summed E-state index contributed by atoms with van der Waals surface area (Å²) < 4.78 is 44.4. The second-order valence-electron chi connectivity index (χ2n) is 3.26. The molecular weight excluding hydrogens is 271 g/mol. The summed E-state index contributed by atoms with van der Waals surface area (Å²) in [7, 11) is 0. The number of hydrogen-bond acceptors (Lipinski definition) is 6. The van der Waals surface area contributed by atoms with Gasteiger partial charge >= 0.3 is 12.1 Å². The van der Waals surface area contributed by atoms with Crippen LogP contribution in [0.5, 0.6) is 0 Å². The summed E-state index contributed by atoms with van der Waals surface area (Å²) in [6.45, 7) is 2.36. The molecule has 0 radical (unpaired) electrons. The minimum Gasteiger partial charge on any atom is -0.466 e. The van der Waals surface area contributed by atoms with E-state index in [2.05, 4.69) is 14.7 Å². The summed E-state index contributed by atoms with van der Waals surface area (Å²) >= 11 is 0.637. The number of rotatable bonds is 6. The second-order valence-corrected chi connectivity index (χ2v) is 4.01. The van der Waals surface area contributed by atoms with Crippen LogP contribution < -0.4 is 5.32 Å². The van der Waals surface area contributed by atoms with Gasteiger partial charge in [-0.05, 0) is 13.3 Å². The Bertz CT molecular complexity index is 395. The molecule has 1 aromatic heterocycles. The summed E-state index contributed by atoms with van der Waals surface area (Å²) in [6, 6.07) is 0. The Kier molecular flexibility index (Phi) is 5.32. The lowest BCUT2D eigenvalue weighted by Crippen LogP contribution is -2.09. The van der Waals surface area contributed by atoms with Crippen LogP contribution in [0, 0.1) is 0 Å². The van der Waals surface area contributed by atoms with Crippen molar-refractivity contribution in [2.45, 2.75) is 25.9 Å². The van der Waals surface area contributed by atoms with Gasteiger partial charge in [-0.3, -0.25) is 4.79 Å². The monoisotopic (exact) mass is 283 g/mol. The van der Waals surface area contributed by atoms with E-state index in [1.165, 1.54) is 0 Å². The summed E-state index contributed by atoms with van der Waals surface area (Å²) in [5.74, 6) is -1.48.